The van der Waals surface area contributed by atoms with Gasteiger partial charge in [0.1, 0.15) is 0 Å². The standard InChI is InChI=1S/C31H29.C6H5.C5H5.C2H4.2ClH.Ti/c1-18-11-20(3)30(21(4)12-18)26-9-7-24-15-25-8-10-27(17-29(25)28(24)16-26)31-22(5)13-19(2)14-23(31)6;1-2-4-6-5-3-1;1-2-4-5-3-1;1-2;;;/h7,9-14,16-17H,15H2,1-6H3;1-5H;1-3H,4H2;1H,2H3;2*1H;. The monoisotopic (exact) mass is 691 g/mol. The van der Waals surface area contributed by atoms with Crippen LogP contribution in [0.15, 0.2) is 107 Å². The number of rotatable bonds is 5. The van der Waals surface area contributed by atoms with E-state index < -0.39 is 16.1 Å². The van der Waals surface area contributed by atoms with Crippen molar-refractivity contribution in [2.24, 2.45) is 0 Å². The van der Waals surface area contributed by atoms with Crippen LogP contribution >= 0.6 is 24.8 Å². The van der Waals surface area contributed by atoms with E-state index in [1.807, 2.05) is 0 Å². The summed E-state index contributed by atoms with van der Waals surface area (Å²) in [5.41, 5.74) is 19.4. The quantitative estimate of drug-likeness (QED) is 0.158. The first-order valence-corrected chi connectivity index (χ1v) is 19.6. The van der Waals surface area contributed by atoms with E-state index in [1.165, 1.54) is 76.2 Å². The third kappa shape index (κ3) is 5.89. The average molecular weight is 693 g/mol. The molecule has 0 spiro atoms. The van der Waals surface area contributed by atoms with E-state index in [0.717, 1.165) is 12.8 Å². The van der Waals surface area contributed by atoms with Crippen LogP contribution in [0.2, 0.25) is 0 Å². The van der Waals surface area contributed by atoms with Crippen LogP contribution in [0.25, 0.3) is 33.4 Å². The summed E-state index contributed by atoms with van der Waals surface area (Å²) in [7, 11) is 0. The zero-order valence-electron chi connectivity index (χ0n) is 28.6. The number of hydrogen-bond donors (Lipinski definition) is 0. The fraction of sp³-hybridized carbons (Fsp3) is 0.205. The summed E-state index contributed by atoms with van der Waals surface area (Å²) in [5.74, 6) is 0. The SMILES string of the molecule is C[CH]=[Ti]([C]1=CC=CC1)([c]1ccccc1)[c]1cc(-c2c(C)cc(C)cc2C)cc2c1Cc1ccc(-c3c(C)cc(C)cc3C)cc1-2.Cl.Cl. The van der Waals surface area contributed by atoms with Gasteiger partial charge in [-0.1, -0.05) is 0 Å². The Hall–Kier alpha value is -3.26. The molecule has 0 aliphatic heterocycles. The van der Waals surface area contributed by atoms with Gasteiger partial charge in [0.25, 0.3) is 0 Å². The molecule has 239 valence electrons. The Balaban J connectivity index is 0.00000217. The summed E-state index contributed by atoms with van der Waals surface area (Å²) in [6, 6.07) is 33.3. The van der Waals surface area contributed by atoms with Gasteiger partial charge in [-0.25, -0.2) is 0 Å². The molecule has 3 heteroatoms. The van der Waals surface area contributed by atoms with Crippen LogP contribution < -0.4 is 7.74 Å². The van der Waals surface area contributed by atoms with Gasteiger partial charge < -0.3 is 0 Å². The van der Waals surface area contributed by atoms with Crippen molar-refractivity contribution in [2.75, 3.05) is 0 Å². The smallest absolute Gasteiger partial charge is 0.147 e. The van der Waals surface area contributed by atoms with E-state index in [1.54, 1.807) is 13.3 Å². The Morgan fingerprint density at radius 2 is 1.19 bits per heavy atom. The van der Waals surface area contributed by atoms with Gasteiger partial charge in [0, 0.05) is 0 Å². The summed E-state index contributed by atoms with van der Waals surface area (Å²) in [6.07, 6.45) is 9.12. The Labute approximate surface area is 297 Å². The Morgan fingerprint density at radius 1 is 0.617 bits per heavy atom. The van der Waals surface area contributed by atoms with Crippen LogP contribution in [0.1, 0.15) is 57.9 Å². The van der Waals surface area contributed by atoms with Crippen molar-refractivity contribution < 1.29 is 16.1 Å². The van der Waals surface area contributed by atoms with Crippen LogP contribution in [0.4, 0.5) is 0 Å². The number of hydrogen-bond acceptors (Lipinski definition) is 0. The molecule has 1 atom stereocenters. The molecule has 0 radical (unpaired) electrons. The molecule has 0 fully saturated rings. The van der Waals surface area contributed by atoms with Crippen molar-refractivity contribution >= 4 is 36.9 Å². The van der Waals surface area contributed by atoms with Crippen LogP contribution in [0.3, 0.4) is 0 Å². The molecule has 5 aromatic carbocycles. The predicted octanol–water partition coefficient (Wildman–Crippen LogP) is 11.1. The van der Waals surface area contributed by atoms with Crippen molar-refractivity contribution in [3.63, 3.8) is 0 Å². The minimum atomic E-state index is -3.16. The van der Waals surface area contributed by atoms with Gasteiger partial charge in [-0.3, -0.25) is 0 Å². The molecule has 0 amide bonds. The fourth-order valence-electron chi connectivity index (χ4n) is 8.66. The van der Waals surface area contributed by atoms with Crippen molar-refractivity contribution in [1.29, 1.82) is 0 Å². The van der Waals surface area contributed by atoms with E-state index in [0.29, 0.717) is 0 Å². The van der Waals surface area contributed by atoms with Crippen LogP contribution in [-0.4, -0.2) is 4.31 Å². The summed E-state index contributed by atoms with van der Waals surface area (Å²) < 4.78 is 7.40. The fourth-order valence-corrected chi connectivity index (χ4v) is 15.9. The molecule has 2 aliphatic rings. The molecular formula is C44H45Cl2Ti. The van der Waals surface area contributed by atoms with Crippen LogP contribution in [-0.2, 0) is 22.5 Å². The van der Waals surface area contributed by atoms with Gasteiger partial charge in [0.2, 0.25) is 0 Å². The second-order valence-electron chi connectivity index (χ2n) is 13.4. The number of aryl methyl sites for hydroxylation is 6. The van der Waals surface area contributed by atoms with Gasteiger partial charge in [-0.05, 0) is 0 Å². The first-order valence-electron chi connectivity index (χ1n) is 16.4. The zero-order chi connectivity index (χ0) is 31.5. The van der Waals surface area contributed by atoms with E-state index >= 15 is 0 Å². The molecule has 2 aliphatic carbocycles. The van der Waals surface area contributed by atoms with Crippen molar-refractivity contribution in [3.05, 3.63) is 152 Å². The molecule has 0 bridgehead atoms. The molecule has 0 heterocycles. The summed E-state index contributed by atoms with van der Waals surface area (Å²) in [6.45, 7) is 15.9. The molecule has 0 N–H and O–H groups in total. The van der Waals surface area contributed by atoms with E-state index in [2.05, 4.69) is 156 Å². The molecule has 7 rings (SSSR count). The molecule has 0 saturated carbocycles. The van der Waals surface area contributed by atoms with Gasteiger partial charge in [-0.15, -0.1) is 24.8 Å². The summed E-state index contributed by atoms with van der Waals surface area (Å²) in [5, 5.41) is 0. The maximum Gasteiger partial charge on any atom is -0.147 e. The number of allylic oxidation sites excluding steroid dienone is 4. The maximum absolute atomic E-state index is 3.16. The third-order valence-corrected chi connectivity index (χ3v) is 17.8. The number of benzene rings is 5. The van der Waals surface area contributed by atoms with Gasteiger partial charge in [0.05, 0.1) is 0 Å². The topological polar surface area (TPSA) is 0 Å². The Morgan fingerprint density at radius 3 is 1.74 bits per heavy atom. The summed E-state index contributed by atoms with van der Waals surface area (Å²) in [4.78, 5) is 0. The molecule has 47 heavy (non-hydrogen) atoms. The molecule has 0 nitrogen and oxygen atoms in total. The van der Waals surface area contributed by atoms with E-state index in [4.69, 9.17) is 0 Å². The van der Waals surface area contributed by atoms with Crippen molar-refractivity contribution in [1.82, 2.24) is 0 Å². The molecule has 0 saturated heterocycles. The van der Waals surface area contributed by atoms with Crippen LogP contribution in [0, 0.1) is 41.5 Å². The van der Waals surface area contributed by atoms with Gasteiger partial charge >= 0.3 is 274 Å². The largest absolute Gasteiger partial charge is 0.147 e. The minimum absolute atomic E-state index is 0. The summed E-state index contributed by atoms with van der Waals surface area (Å²) >= 11 is -3.16. The Bertz CT molecular complexity index is 2080. The van der Waals surface area contributed by atoms with Crippen molar-refractivity contribution in [3.8, 4) is 33.4 Å². The molecule has 0 aromatic heterocycles. The van der Waals surface area contributed by atoms with Crippen molar-refractivity contribution in [2.45, 2.75) is 61.3 Å². The number of fused-ring (bicyclic) bond motifs is 3. The Kier molecular flexibility index (Phi) is 10.2. The van der Waals surface area contributed by atoms with E-state index in [-0.39, 0.29) is 24.8 Å². The molecule has 1 unspecified atom stereocenters. The van der Waals surface area contributed by atoms with Crippen LogP contribution in [0.5, 0.6) is 0 Å². The molecular weight excluding hydrogens is 647 g/mol. The van der Waals surface area contributed by atoms with E-state index in [9.17, 15) is 0 Å². The molecule has 5 aromatic rings. The normalized spacial score (nSPS) is 14.0. The van der Waals surface area contributed by atoms with Gasteiger partial charge in [-0.2, -0.15) is 0 Å². The third-order valence-electron chi connectivity index (χ3n) is 10.3. The second kappa shape index (κ2) is 13.7. The number of halogens is 2. The maximum atomic E-state index is 2.65. The zero-order valence-corrected chi connectivity index (χ0v) is 31.8. The minimum Gasteiger partial charge on any atom is -0.147 e. The predicted molar refractivity (Wildman–Crippen MR) is 208 cm³/mol. The average Bonchev–Trinajstić information content (AvgIpc) is 3.66. The first-order chi connectivity index (χ1) is 21.7. The van der Waals surface area contributed by atoms with Gasteiger partial charge in [0.15, 0.2) is 0 Å². The first kappa shape index (κ1) is 35.1. The second-order valence-corrected chi connectivity index (χ2v) is 19.6.